The summed E-state index contributed by atoms with van der Waals surface area (Å²) in [6.45, 7) is 5.70. The first-order valence-electron chi connectivity index (χ1n) is 10.6. The van der Waals surface area contributed by atoms with Crippen LogP contribution in [0.2, 0.25) is 0 Å². The summed E-state index contributed by atoms with van der Waals surface area (Å²) in [6.07, 6.45) is 4.50. The summed E-state index contributed by atoms with van der Waals surface area (Å²) in [4.78, 5) is 27.1. The third-order valence-electron chi connectivity index (χ3n) is 6.08. The van der Waals surface area contributed by atoms with E-state index in [-0.39, 0.29) is 11.8 Å². The molecule has 1 N–H and O–H groups in total. The zero-order valence-electron chi connectivity index (χ0n) is 18.2. The van der Waals surface area contributed by atoms with Crippen LogP contribution in [-0.2, 0) is 0 Å². The van der Waals surface area contributed by atoms with Crippen LogP contribution in [0.25, 0.3) is 15.6 Å². The van der Waals surface area contributed by atoms with Crippen molar-refractivity contribution in [3.8, 4) is 11.5 Å². The number of nitrogens with one attached hydrogen (secondary N) is 1. The number of carbonyl (C=O) groups excluding carboxylic acids is 2. The third kappa shape index (κ3) is 3.40. The molecule has 0 spiro atoms. The number of thiophene rings is 1. The Morgan fingerprint density at radius 3 is 2.84 bits per heavy atom. The van der Waals surface area contributed by atoms with Crippen LogP contribution in [0.15, 0.2) is 42.0 Å². The summed E-state index contributed by atoms with van der Waals surface area (Å²) in [5, 5.41) is 9.81. The van der Waals surface area contributed by atoms with Crippen LogP contribution in [-0.4, -0.2) is 46.5 Å². The first-order valence-corrected chi connectivity index (χ1v) is 11.5. The van der Waals surface area contributed by atoms with Crippen molar-refractivity contribution >= 4 is 38.8 Å². The van der Waals surface area contributed by atoms with Crippen LogP contribution in [0.1, 0.15) is 39.6 Å². The molecule has 164 valence electrons. The van der Waals surface area contributed by atoms with Crippen molar-refractivity contribution in [1.82, 2.24) is 19.8 Å². The standard InChI is InChI=1S/C24H24N4O3S/c1-14-7-9-27(11-14)24(30)18-12-28-22(15(18)2)20(6-8-26-28)31-16-4-5-17-19(23(29)25-3)13-32-21(17)10-16/h4-6,8,10,12-14H,7,9,11H2,1-3H3,(H,25,29). The quantitative estimate of drug-likeness (QED) is 0.499. The highest BCUT2D eigenvalue weighted by atomic mass is 32.1. The second kappa shape index (κ2) is 7.94. The third-order valence-corrected chi connectivity index (χ3v) is 7.02. The molecule has 1 fully saturated rings. The maximum Gasteiger partial charge on any atom is 0.255 e. The van der Waals surface area contributed by atoms with Crippen LogP contribution in [0.4, 0.5) is 0 Å². The Labute approximate surface area is 189 Å². The van der Waals surface area contributed by atoms with E-state index in [1.807, 2.05) is 41.5 Å². The Balaban J connectivity index is 1.49. The molecule has 1 aromatic carbocycles. The largest absolute Gasteiger partial charge is 0.455 e. The van der Waals surface area contributed by atoms with E-state index in [0.29, 0.717) is 28.5 Å². The predicted octanol–water partition coefficient (Wildman–Crippen LogP) is 4.49. The van der Waals surface area contributed by atoms with Gasteiger partial charge < -0.3 is 15.0 Å². The molecule has 4 heterocycles. The van der Waals surface area contributed by atoms with Gasteiger partial charge in [0.15, 0.2) is 5.75 Å². The van der Waals surface area contributed by atoms with Gasteiger partial charge in [-0.1, -0.05) is 6.92 Å². The van der Waals surface area contributed by atoms with Crippen molar-refractivity contribution in [3.05, 3.63) is 58.7 Å². The lowest BCUT2D eigenvalue weighted by Crippen LogP contribution is -2.28. The first-order chi connectivity index (χ1) is 15.5. The van der Waals surface area contributed by atoms with Crippen LogP contribution in [0.3, 0.4) is 0 Å². The highest BCUT2D eigenvalue weighted by Gasteiger charge is 2.27. The number of ether oxygens (including phenoxy) is 1. The number of carbonyl (C=O) groups is 2. The Hall–Kier alpha value is -3.39. The van der Waals surface area contributed by atoms with Crippen LogP contribution in [0.5, 0.6) is 11.5 Å². The molecular weight excluding hydrogens is 424 g/mol. The van der Waals surface area contributed by atoms with Crippen molar-refractivity contribution in [1.29, 1.82) is 0 Å². The van der Waals surface area contributed by atoms with Gasteiger partial charge in [-0.2, -0.15) is 5.10 Å². The van der Waals surface area contributed by atoms with Gasteiger partial charge in [-0.05, 0) is 43.0 Å². The van der Waals surface area contributed by atoms with Crippen LogP contribution >= 0.6 is 11.3 Å². The highest BCUT2D eigenvalue weighted by Crippen LogP contribution is 2.34. The van der Waals surface area contributed by atoms with E-state index in [1.165, 1.54) is 11.3 Å². The lowest BCUT2D eigenvalue weighted by Gasteiger charge is -2.15. The zero-order valence-corrected chi connectivity index (χ0v) is 19.0. The number of nitrogens with zero attached hydrogens (tertiary/aromatic N) is 3. The number of amides is 2. The van der Waals surface area contributed by atoms with Crippen molar-refractivity contribution in [3.63, 3.8) is 0 Å². The molecule has 8 heteroatoms. The fraction of sp³-hybridized carbons (Fsp3) is 0.292. The van der Waals surface area contributed by atoms with Crippen LogP contribution in [0, 0.1) is 12.8 Å². The van der Waals surface area contributed by atoms with Crippen molar-refractivity contribution < 1.29 is 14.3 Å². The summed E-state index contributed by atoms with van der Waals surface area (Å²) in [5.74, 6) is 1.77. The maximum absolute atomic E-state index is 13.1. The number of hydrogen-bond donors (Lipinski definition) is 1. The summed E-state index contributed by atoms with van der Waals surface area (Å²) < 4.78 is 8.92. The second-order valence-electron chi connectivity index (χ2n) is 8.29. The van der Waals surface area contributed by atoms with Crippen molar-refractivity contribution in [2.45, 2.75) is 20.3 Å². The van der Waals surface area contributed by atoms with Crippen LogP contribution < -0.4 is 10.1 Å². The van der Waals surface area contributed by atoms with E-state index < -0.39 is 0 Å². The van der Waals surface area contributed by atoms with Gasteiger partial charge in [0, 0.05) is 47.9 Å². The molecule has 1 aliphatic rings. The maximum atomic E-state index is 13.1. The Morgan fingerprint density at radius 1 is 1.25 bits per heavy atom. The molecule has 32 heavy (non-hydrogen) atoms. The molecule has 0 radical (unpaired) electrons. The summed E-state index contributed by atoms with van der Waals surface area (Å²) in [7, 11) is 1.63. The minimum Gasteiger partial charge on any atom is -0.455 e. The lowest BCUT2D eigenvalue weighted by atomic mass is 10.1. The van der Waals surface area contributed by atoms with E-state index in [1.54, 1.807) is 24.0 Å². The summed E-state index contributed by atoms with van der Waals surface area (Å²) in [5.41, 5.74) is 2.95. The number of fused-ring (bicyclic) bond motifs is 2. The fourth-order valence-electron chi connectivity index (χ4n) is 4.32. The summed E-state index contributed by atoms with van der Waals surface area (Å²) >= 11 is 1.50. The monoisotopic (exact) mass is 448 g/mol. The summed E-state index contributed by atoms with van der Waals surface area (Å²) in [6, 6.07) is 7.50. The predicted molar refractivity (Wildman–Crippen MR) is 125 cm³/mol. The zero-order chi connectivity index (χ0) is 22.4. The van der Waals surface area contributed by atoms with Gasteiger partial charge in [0.05, 0.1) is 17.3 Å². The van der Waals surface area contributed by atoms with Gasteiger partial charge in [0.25, 0.3) is 11.8 Å². The lowest BCUT2D eigenvalue weighted by molar-refractivity contribution is 0.0787. The molecular formula is C24H24N4O3S. The molecule has 4 aromatic rings. The first kappa shape index (κ1) is 20.5. The Morgan fingerprint density at radius 2 is 2.09 bits per heavy atom. The average molecular weight is 449 g/mol. The molecule has 0 saturated carbocycles. The van der Waals surface area contributed by atoms with Gasteiger partial charge in [-0.15, -0.1) is 11.3 Å². The van der Waals surface area contributed by atoms with E-state index in [2.05, 4.69) is 17.3 Å². The molecule has 0 bridgehead atoms. The fourth-order valence-corrected chi connectivity index (χ4v) is 5.29. The molecule has 2 amide bonds. The van der Waals surface area contributed by atoms with Crippen molar-refractivity contribution in [2.24, 2.45) is 5.92 Å². The molecule has 5 rings (SSSR count). The SMILES string of the molecule is CNC(=O)c1csc2cc(Oc3ccnn4cc(C(=O)N5CCC(C)C5)c(C)c34)ccc12. The second-order valence-corrected chi connectivity index (χ2v) is 9.20. The Bertz CT molecular complexity index is 1360. The number of aromatic nitrogens is 2. The van der Waals surface area contributed by atoms with E-state index in [9.17, 15) is 9.59 Å². The minimum atomic E-state index is -0.103. The highest BCUT2D eigenvalue weighted by molar-refractivity contribution is 7.17. The topological polar surface area (TPSA) is 75.9 Å². The molecule has 1 aliphatic heterocycles. The smallest absolute Gasteiger partial charge is 0.255 e. The number of rotatable bonds is 4. The van der Waals surface area contributed by atoms with Gasteiger partial charge in [0.1, 0.15) is 11.3 Å². The van der Waals surface area contributed by atoms with Gasteiger partial charge in [-0.25, -0.2) is 4.52 Å². The van der Waals surface area contributed by atoms with Gasteiger partial charge in [0.2, 0.25) is 0 Å². The normalized spacial score (nSPS) is 16.1. The van der Waals surface area contributed by atoms with Crippen molar-refractivity contribution in [2.75, 3.05) is 20.1 Å². The van der Waals surface area contributed by atoms with E-state index in [0.717, 1.165) is 40.7 Å². The van der Waals surface area contributed by atoms with Gasteiger partial charge in [-0.3, -0.25) is 9.59 Å². The number of hydrogen-bond acceptors (Lipinski definition) is 5. The number of aryl methyl sites for hydroxylation is 1. The minimum absolute atomic E-state index is 0.0463. The molecule has 0 aliphatic carbocycles. The van der Waals surface area contributed by atoms with Gasteiger partial charge >= 0.3 is 0 Å². The molecule has 3 aromatic heterocycles. The molecule has 1 saturated heterocycles. The molecule has 1 unspecified atom stereocenters. The Kier molecular flexibility index (Phi) is 5.09. The number of likely N-dealkylation sites (tertiary alicyclic amines) is 1. The number of benzene rings is 1. The van der Waals surface area contributed by atoms with E-state index >= 15 is 0 Å². The average Bonchev–Trinajstić information content (AvgIpc) is 3.50. The van der Waals surface area contributed by atoms with E-state index in [4.69, 9.17) is 4.74 Å². The molecule has 7 nitrogen and oxygen atoms in total. The molecule has 1 atom stereocenters.